The summed E-state index contributed by atoms with van der Waals surface area (Å²) in [7, 11) is 0. The van der Waals surface area contributed by atoms with Crippen LogP contribution in [-0.4, -0.2) is 69.7 Å². The third-order valence-electron chi connectivity index (χ3n) is 5.17. The van der Waals surface area contributed by atoms with Gasteiger partial charge in [0.15, 0.2) is 0 Å². The van der Waals surface area contributed by atoms with Crippen LogP contribution in [0.1, 0.15) is 47.8 Å². The first kappa shape index (κ1) is 20.1. The Bertz CT molecular complexity index is 739. The molecule has 28 heavy (non-hydrogen) atoms. The van der Waals surface area contributed by atoms with Crippen LogP contribution >= 0.6 is 0 Å². The zero-order valence-electron chi connectivity index (χ0n) is 16.1. The Kier molecular flexibility index (Phi) is 7.25. The van der Waals surface area contributed by atoms with Gasteiger partial charge < -0.3 is 24.0 Å². The Morgan fingerprint density at radius 3 is 2.64 bits per heavy atom. The molecule has 152 valence electrons. The normalized spacial score (nSPS) is 17.5. The van der Waals surface area contributed by atoms with Crippen molar-refractivity contribution in [3.05, 3.63) is 42.0 Å². The van der Waals surface area contributed by atoms with Crippen molar-refractivity contribution >= 4 is 12.4 Å². The second-order valence-electron chi connectivity index (χ2n) is 7.26. The molecular formula is C20H28N4O4. The number of aryl methyl sites for hydroxylation is 1. The van der Waals surface area contributed by atoms with Crippen molar-refractivity contribution in [2.24, 2.45) is 0 Å². The van der Waals surface area contributed by atoms with Crippen LogP contribution in [0.4, 0.5) is 0 Å². The third kappa shape index (κ3) is 5.69. The Morgan fingerprint density at radius 1 is 1.18 bits per heavy atom. The van der Waals surface area contributed by atoms with Crippen LogP contribution in [0.5, 0.6) is 0 Å². The van der Waals surface area contributed by atoms with Crippen molar-refractivity contribution in [3.8, 4) is 0 Å². The topological polar surface area (TPSA) is 91.8 Å². The maximum atomic E-state index is 12.7. The molecule has 2 aromatic rings. The second kappa shape index (κ2) is 10.1. The van der Waals surface area contributed by atoms with Gasteiger partial charge in [-0.05, 0) is 50.9 Å². The lowest BCUT2D eigenvalue weighted by Gasteiger charge is -2.21. The lowest BCUT2D eigenvalue weighted by atomic mass is 10.2. The van der Waals surface area contributed by atoms with Gasteiger partial charge in [-0.3, -0.25) is 9.59 Å². The van der Waals surface area contributed by atoms with Crippen molar-refractivity contribution in [1.82, 2.24) is 19.5 Å². The highest BCUT2D eigenvalue weighted by Crippen LogP contribution is 2.39. The molecule has 8 nitrogen and oxygen atoms in total. The van der Waals surface area contributed by atoms with Crippen LogP contribution in [0.15, 0.2) is 35.1 Å². The largest absolute Gasteiger partial charge is 0.483 e. The van der Waals surface area contributed by atoms with Crippen LogP contribution < -0.4 is 0 Å². The van der Waals surface area contributed by atoms with E-state index in [1.54, 1.807) is 0 Å². The quantitative estimate of drug-likeness (QED) is 0.764. The van der Waals surface area contributed by atoms with Crippen LogP contribution in [0.25, 0.3) is 0 Å². The summed E-state index contributed by atoms with van der Waals surface area (Å²) in [4.78, 5) is 25.4. The van der Waals surface area contributed by atoms with Gasteiger partial charge in [-0.2, -0.15) is 0 Å². The Balaban J connectivity index is 0.000000706. The fourth-order valence-corrected chi connectivity index (χ4v) is 3.51. The fourth-order valence-electron chi connectivity index (χ4n) is 3.51. The van der Waals surface area contributed by atoms with Gasteiger partial charge in [-0.15, -0.1) is 0 Å². The molecule has 0 atom stereocenters. The average molecular weight is 388 g/mol. The number of nitrogens with zero attached hydrogens (tertiary/aromatic N) is 4. The van der Waals surface area contributed by atoms with Crippen molar-refractivity contribution in [3.63, 3.8) is 0 Å². The molecule has 0 unspecified atom stereocenters. The zero-order chi connectivity index (χ0) is 19.8. The minimum atomic E-state index is -0.250. The number of amides is 1. The number of carboxylic acid groups (broad SMARTS) is 1. The number of rotatable bonds is 6. The van der Waals surface area contributed by atoms with Crippen LogP contribution in [0, 0.1) is 0 Å². The van der Waals surface area contributed by atoms with E-state index >= 15 is 0 Å². The molecule has 0 radical (unpaired) electrons. The van der Waals surface area contributed by atoms with E-state index in [-0.39, 0.29) is 12.4 Å². The van der Waals surface area contributed by atoms with Crippen LogP contribution in [-0.2, 0) is 11.3 Å². The molecule has 2 aliphatic rings. The van der Waals surface area contributed by atoms with Gasteiger partial charge in [0.1, 0.15) is 0 Å². The van der Waals surface area contributed by atoms with E-state index in [2.05, 4.69) is 39.2 Å². The Hall–Kier alpha value is -2.61. The maximum absolute atomic E-state index is 12.7. The predicted octanol–water partition coefficient (Wildman–Crippen LogP) is 2.29. The zero-order valence-corrected chi connectivity index (χ0v) is 16.1. The van der Waals surface area contributed by atoms with E-state index in [9.17, 15) is 4.79 Å². The first-order valence-corrected chi connectivity index (χ1v) is 9.88. The smallest absolute Gasteiger partial charge is 0.292 e. The summed E-state index contributed by atoms with van der Waals surface area (Å²) in [5, 5.41) is 11.0. The first-order valence-electron chi connectivity index (χ1n) is 9.88. The number of carbonyl (C=O) groups excluding carboxylic acids is 1. The monoisotopic (exact) mass is 388 g/mol. The summed E-state index contributed by atoms with van der Waals surface area (Å²) in [6.45, 7) is 5.43. The number of aromatic nitrogens is 2. The van der Waals surface area contributed by atoms with E-state index in [4.69, 9.17) is 14.4 Å². The van der Waals surface area contributed by atoms with E-state index < -0.39 is 0 Å². The summed E-state index contributed by atoms with van der Waals surface area (Å²) in [6, 6.07) is 5.97. The van der Waals surface area contributed by atoms with Gasteiger partial charge in [0.05, 0.1) is 5.69 Å². The molecule has 8 heteroatoms. The van der Waals surface area contributed by atoms with Gasteiger partial charge in [0.2, 0.25) is 5.76 Å². The summed E-state index contributed by atoms with van der Waals surface area (Å²) in [6.07, 6.45) is 8.70. The number of hydrogen-bond acceptors (Lipinski definition) is 5. The number of carbonyl (C=O) groups is 2. The molecule has 0 aromatic carbocycles. The molecule has 1 saturated heterocycles. The molecule has 2 aromatic heterocycles. The number of hydrogen-bond donors (Lipinski definition) is 1. The summed E-state index contributed by atoms with van der Waals surface area (Å²) < 4.78 is 7.51. The lowest BCUT2D eigenvalue weighted by molar-refractivity contribution is -0.122. The van der Waals surface area contributed by atoms with E-state index in [0.29, 0.717) is 11.7 Å². The van der Waals surface area contributed by atoms with Gasteiger partial charge in [-0.25, -0.2) is 0 Å². The highest BCUT2D eigenvalue weighted by molar-refractivity contribution is 5.91. The highest BCUT2D eigenvalue weighted by Gasteiger charge is 2.29. The Morgan fingerprint density at radius 2 is 1.93 bits per heavy atom. The molecule has 1 aliphatic carbocycles. The molecule has 1 amide bonds. The van der Waals surface area contributed by atoms with E-state index in [0.717, 1.165) is 57.8 Å². The second-order valence-corrected chi connectivity index (χ2v) is 7.26. The Labute approximate surface area is 164 Å². The van der Waals surface area contributed by atoms with Crippen molar-refractivity contribution < 1.29 is 19.2 Å². The molecule has 1 saturated carbocycles. The molecule has 0 bridgehead atoms. The van der Waals surface area contributed by atoms with Gasteiger partial charge in [0, 0.05) is 50.6 Å². The maximum Gasteiger partial charge on any atom is 0.292 e. The van der Waals surface area contributed by atoms with Crippen LogP contribution in [0.3, 0.4) is 0 Å². The van der Waals surface area contributed by atoms with Gasteiger partial charge >= 0.3 is 0 Å². The first-order chi connectivity index (χ1) is 13.7. The van der Waals surface area contributed by atoms with Crippen LogP contribution in [0.2, 0.25) is 0 Å². The summed E-state index contributed by atoms with van der Waals surface area (Å²) in [5.41, 5.74) is 0.949. The van der Waals surface area contributed by atoms with Crippen molar-refractivity contribution in [1.29, 1.82) is 0 Å². The molecule has 3 heterocycles. The van der Waals surface area contributed by atoms with E-state index in [1.165, 1.54) is 12.8 Å². The highest BCUT2D eigenvalue weighted by atomic mass is 16.5. The van der Waals surface area contributed by atoms with Crippen molar-refractivity contribution in [2.45, 2.75) is 38.1 Å². The molecule has 1 aliphatic heterocycles. The predicted molar refractivity (Wildman–Crippen MR) is 103 cm³/mol. The molecule has 4 rings (SSSR count). The van der Waals surface area contributed by atoms with Gasteiger partial charge in [0.25, 0.3) is 12.4 Å². The molecule has 1 N–H and O–H groups in total. The SMILES string of the molecule is O=C(c1cc(C2CC2)no1)N1CCCN(CCCn2cccc2)CC1.O=CO. The fraction of sp³-hybridized carbons (Fsp3) is 0.550. The summed E-state index contributed by atoms with van der Waals surface area (Å²) in [5.74, 6) is 0.918. The van der Waals surface area contributed by atoms with Crippen molar-refractivity contribution in [2.75, 3.05) is 32.7 Å². The molecule has 0 spiro atoms. The summed E-state index contributed by atoms with van der Waals surface area (Å²) >= 11 is 0. The minimum Gasteiger partial charge on any atom is -0.483 e. The van der Waals surface area contributed by atoms with Gasteiger partial charge in [-0.1, -0.05) is 5.16 Å². The molecular weight excluding hydrogens is 360 g/mol. The third-order valence-corrected chi connectivity index (χ3v) is 5.17. The molecule has 2 fully saturated rings. The standard InChI is InChI=1S/C19H26N4O2.CH2O2/c24-19(18-15-17(20-25-18)16-5-6-16)23-12-4-11-22(13-14-23)10-3-9-21-7-1-2-8-21;2-1-3/h1-2,7-8,15-16H,3-6,9-14H2;1H,(H,2,3). The average Bonchev–Trinajstić information content (AvgIpc) is 3.28. The minimum absolute atomic E-state index is 0.00593. The van der Waals surface area contributed by atoms with E-state index in [1.807, 2.05) is 11.0 Å². The lowest BCUT2D eigenvalue weighted by Crippen LogP contribution is -2.35.